The van der Waals surface area contributed by atoms with Gasteiger partial charge in [0.15, 0.2) is 0 Å². The summed E-state index contributed by atoms with van der Waals surface area (Å²) in [6, 6.07) is 10.3. The molecular formula is C24H28N6O3. The molecule has 0 aliphatic carbocycles. The molecular weight excluding hydrogens is 420 g/mol. The molecule has 2 atom stereocenters. The number of amides is 1. The van der Waals surface area contributed by atoms with Crippen LogP contribution in [-0.2, 0) is 13.1 Å². The number of hydrogen-bond acceptors (Lipinski definition) is 6. The minimum atomic E-state index is -0.365. The highest BCUT2D eigenvalue weighted by Crippen LogP contribution is 2.33. The van der Waals surface area contributed by atoms with Crippen LogP contribution in [0.15, 0.2) is 46.1 Å². The van der Waals surface area contributed by atoms with E-state index in [-0.39, 0.29) is 17.2 Å². The van der Waals surface area contributed by atoms with Crippen molar-refractivity contribution in [2.45, 2.75) is 44.9 Å². The highest BCUT2D eigenvalue weighted by molar-refractivity contribution is 5.92. The van der Waals surface area contributed by atoms with E-state index in [4.69, 9.17) is 0 Å². The number of hydrogen-bond donors (Lipinski definition) is 2. The van der Waals surface area contributed by atoms with E-state index in [0.29, 0.717) is 35.2 Å². The number of piperidine rings is 2. The third-order valence-corrected chi connectivity index (χ3v) is 6.93. The van der Waals surface area contributed by atoms with Crippen molar-refractivity contribution in [2.24, 2.45) is 0 Å². The van der Waals surface area contributed by atoms with Crippen molar-refractivity contribution in [3.63, 3.8) is 0 Å². The van der Waals surface area contributed by atoms with Gasteiger partial charge in [0.25, 0.3) is 11.5 Å². The van der Waals surface area contributed by atoms with E-state index in [0.717, 1.165) is 43.7 Å². The Hall–Kier alpha value is -3.46. The zero-order valence-corrected chi connectivity index (χ0v) is 18.9. The van der Waals surface area contributed by atoms with Gasteiger partial charge >= 0.3 is 5.69 Å². The van der Waals surface area contributed by atoms with Crippen molar-refractivity contribution < 1.29 is 4.79 Å². The Morgan fingerprint density at radius 1 is 1.15 bits per heavy atom. The van der Waals surface area contributed by atoms with Gasteiger partial charge in [-0.25, -0.2) is 9.78 Å². The second-order valence-corrected chi connectivity index (χ2v) is 8.81. The lowest BCUT2D eigenvalue weighted by molar-refractivity contribution is 0.0889. The molecule has 0 saturated carbocycles. The largest absolute Gasteiger partial charge is 0.364 e. The zero-order chi connectivity index (χ0) is 23.1. The summed E-state index contributed by atoms with van der Waals surface area (Å²) in [6.07, 6.45) is 4.05. The topological polar surface area (TPSA) is 103 Å². The fraction of sp³-hybridized carbons (Fsp3) is 0.417. The van der Waals surface area contributed by atoms with Gasteiger partial charge in [0.1, 0.15) is 5.69 Å². The van der Waals surface area contributed by atoms with Gasteiger partial charge in [-0.1, -0.05) is 6.07 Å². The smallest absolute Gasteiger partial charge is 0.328 e. The van der Waals surface area contributed by atoms with Crippen LogP contribution < -0.4 is 21.5 Å². The molecule has 0 spiro atoms. The Labute approximate surface area is 191 Å². The first-order valence-electron chi connectivity index (χ1n) is 11.4. The van der Waals surface area contributed by atoms with Crippen LogP contribution in [-0.4, -0.2) is 57.6 Å². The Morgan fingerprint density at radius 2 is 1.97 bits per heavy atom. The van der Waals surface area contributed by atoms with E-state index in [2.05, 4.69) is 25.1 Å². The summed E-state index contributed by atoms with van der Waals surface area (Å²) < 4.78 is 1.22. The van der Waals surface area contributed by atoms with Crippen LogP contribution in [0.3, 0.4) is 0 Å². The number of rotatable bonds is 5. The molecule has 172 valence electrons. The molecule has 3 aliphatic heterocycles. The lowest BCUT2D eigenvalue weighted by Gasteiger charge is -2.52. The molecule has 3 aromatic rings. The number of carbonyl (C=O) groups excluding carboxylic acids is 1. The number of nitrogens with one attached hydrogen (secondary N) is 2. The molecule has 33 heavy (non-hydrogen) atoms. The molecule has 2 N–H and O–H groups in total. The minimum absolute atomic E-state index is 0.182. The second kappa shape index (κ2) is 8.47. The third kappa shape index (κ3) is 3.82. The number of carbonyl (C=O) groups is 1. The molecule has 1 amide bonds. The standard InChI is InChI=1S/C24H28N6O3/c1-3-29-23(32)19-8-4-15(10-21(19)27-24(29)33)12-28-13-18-6-5-17(28)14-30(18)16-7-9-20(26-11-16)22(31)25-2/h4,7-11,17-18H,3,5-6,12-14H2,1-2H3,(H,25,31)(H,27,33). The van der Waals surface area contributed by atoms with Crippen molar-refractivity contribution in [1.29, 1.82) is 0 Å². The Kier molecular flexibility index (Phi) is 5.49. The highest BCUT2D eigenvalue weighted by atomic mass is 16.2. The van der Waals surface area contributed by atoms with Crippen molar-refractivity contribution in [1.82, 2.24) is 24.8 Å². The van der Waals surface area contributed by atoms with Gasteiger partial charge in [-0.3, -0.25) is 19.1 Å². The predicted molar refractivity (Wildman–Crippen MR) is 127 cm³/mol. The normalized spacial score (nSPS) is 20.4. The molecule has 3 saturated heterocycles. The first kappa shape index (κ1) is 21.4. The van der Waals surface area contributed by atoms with E-state index in [1.165, 1.54) is 4.57 Å². The summed E-state index contributed by atoms with van der Waals surface area (Å²) in [5.74, 6) is -0.182. The summed E-state index contributed by atoms with van der Waals surface area (Å²) in [5.41, 5.74) is 2.54. The monoisotopic (exact) mass is 448 g/mol. The van der Waals surface area contributed by atoms with Gasteiger partial charge in [0, 0.05) is 45.3 Å². The van der Waals surface area contributed by atoms with Crippen LogP contribution in [0.25, 0.3) is 10.9 Å². The van der Waals surface area contributed by atoms with E-state index in [9.17, 15) is 14.4 Å². The maximum Gasteiger partial charge on any atom is 0.328 e. The lowest BCUT2D eigenvalue weighted by atomic mass is 9.90. The average Bonchev–Trinajstić information content (AvgIpc) is 2.84. The average molecular weight is 449 g/mol. The van der Waals surface area contributed by atoms with Gasteiger partial charge in [0.05, 0.1) is 22.8 Å². The van der Waals surface area contributed by atoms with Crippen molar-refractivity contribution >= 4 is 22.5 Å². The quantitative estimate of drug-likeness (QED) is 0.610. The van der Waals surface area contributed by atoms with Crippen LogP contribution in [0.2, 0.25) is 0 Å². The van der Waals surface area contributed by atoms with Crippen LogP contribution in [0, 0.1) is 0 Å². The van der Waals surface area contributed by atoms with Crippen molar-refractivity contribution in [3.05, 3.63) is 68.6 Å². The first-order chi connectivity index (χ1) is 16.0. The number of anilines is 1. The van der Waals surface area contributed by atoms with E-state index < -0.39 is 0 Å². The summed E-state index contributed by atoms with van der Waals surface area (Å²) in [4.78, 5) is 48.6. The number of piperazine rings is 1. The first-order valence-corrected chi connectivity index (χ1v) is 11.4. The van der Waals surface area contributed by atoms with E-state index in [1.54, 1.807) is 26.2 Å². The van der Waals surface area contributed by atoms with Crippen molar-refractivity contribution in [2.75, 3.05) is 25.0 Å². The molecule has 9 heteroatoms. The fourth-order valence-electron chi connectivity index (χ4n) is 5.17. The SMILES string of the molecule is CCn1c(=O)[nH]c2cc(CN3CC4CCC3CN4c3ccc(C(=O)NC)nc3)ccc2c1=O. The van der Waals surface area contributed by atoms with Crippen molar-refractivity contribution in [3.8, 4) is 0 Å². The van der Waals surface area contributed by atoms with Crippen LogP contribution in [0.4, 0.5) is 5.69 Å². The molecule has 1 aromatic carbocycles. The Bertz CT molecular complexity index is 1310. The molecule has 9 nitrogen and oxygen atoms in total. The molecule has 2 aromatic heterocycles. The zero-order valence-electron chi connectivity index (χ0n) is 18.9. The van der Waals surface area contributed by atoms with Gasteiger partial charge in [-0.15, -0.1) is 0 Å². The van der Waals surface area contributed by atoms with E-state index in [1.807, 2.05) is 24.3 Å². The van der Waals surface area contributed by atoms with Crippen LogP contribution >= 0.6 is 0 Å². The maximum absolute atomic E-state index is 12.5. The Balaban J connectivity index is 1.33. The van der Waals surface area contributed by atoms with Crippen LogP contribution in [0.5, 0.6) is 0 Å². The fourth-order valence-corrected chi connectivity index (χ4v) is 5.17. The number of benzene rings is 1. The number of pyridine rings is 1. The Morgan fingerprint density at radius 3 is 2.64 bits per heavy atom. The molecule has 3 fully saturated rings. The molecule has 2 unspecified atom stereocenters. The molecule has 2 bridgehead atoms. The van der Waals surface area contributed by atoms with Gasteiger partial charge in [0.2, 0.25) is 0 Å². The number of aromatic amines is 1. The van der Waals surface area contributed by atoms with E-state index >= 15 is 0 Å². The second-order valence-electron chi connectivity index (χ2n) is 8.81. The predicted octanol–water partition coefficient (Wildman–Crippen LogP) is 1.32. The van der Waals surface area contributed by atoms with Gasteiger partial charge in [-0.05, 0) is 49.6 Å². The number of H-pyrrole nitrogens is 1. The highest BCUT2D eigenvalue weighted by Gasteiger charge is 2.39. The maximum atomic E-state index is 12.5. The van der Waals surface area contributed by atoms with Crippen LogP contribution in [0.1, 0.15) is 35.8 Å². The summed E-state index contributed by atoms with van der Waals surface area (Å²) in [6.45, 7) is 4.77. The summed E-state index contributed by atoms with van der Waals surface area (Å²) in [7, 11) is 1.60. The molecule has 6 rings (SSSR count). The summed E-state index contributed by atoms with van der Waals surface area (Å²) >= 11 is 0. The van der Waals surface area contributed by atoms with Gasteiger partial charge in [-0.2, -0.15) is 0 Å². The number of aromatic nitrogens is 3. The number of nitrogens with zero attached hydrogens (tertiary/aromatic N) is 4. The number of fused-ring (bicyclic) bond motifs is 4. The summed E-state index contributed by atoms with van der Waals surface area (Å²) in [5, 5.41) is 3.14. The molecule has 3 aliphatic rings. The lowest BCUT2D eigenvalue weighted by Crippen LogP contribution is -2.62. The van der Waals surface area contributed by atoms with Gasteiger partial charge < -0.3 is 15.2 Å². The molecule has 0 radical (unpaired) electrons. The minimum Gasteiger partial charge on any atom is -0.364 e. The third-order valence-electron chi connectivity index (χ3n) is 6.93. The molecule has 5 heterocycles.